The molecule has 1 amide bonds. The van der Waals surface area contributed by atoms with E-state index in [1.807, 2.05) is 0 Å². The minimum atomic E-state index is -0.0510. The molecule has 160 valence electrons. The highest BCUT2D eigenvalue weighted by Gasteiger charge is 2.27. The van der Waals surface area contributed by atoms with Crippen molar-refractivity contribution in [2.24, 2.45) is 11.3 Å². The summed E-state index contributed by atoms with van der Waals surface area (Å²) in [4.78, 5) is 30.1. The van der Waals surface area contributed by atoms with Crippen molar-refractivity contribution in [3.8, 4) is 11.4 Å². The Morgan fingerprint density at radius 1 is 1.27 bits per heavy atom. The van der Waals surface area contributed by atoms with Gasteiger partial charge in [-0.05, 0) is 43.7 Å². The number of anilines is 2. The van der Waals surface area contributed by atoms with Crippen LogP contribution in [0, 0.1) is 11.3 Å². The highest BCUT2D eigenvalue weighted by molar-refractivity contribution is 5.91. The number of nitrogens with zero attached hydrogens (tertiary/aromatic N) is 4. The van der Waals surface area contributed by atoms with Crippen molar-refractivity contribution in [1.29, 1.82) is 0 Å². The molecular formula is C21H29N7O2. The predicted molar refractivity (Wildman–Crippen MR) is 114 cm³/mol. The number of carbonyl (C=O) groups excluding carboxylic acids is 1. The summed E-state index contributed by atoms with van der Waals surface area (Å²) in [5, 5.41) is 9.49. The zero-order valence-electron chi connectivity index (χ0n) is 17.4. The first kappa shape index (κ1) is 20.6. The molecule has 4 rings (SSSR count). The molecule has 1 unspecified atom stereocenters. The second-order valence-electron chi connectivity index (χ2n) is 8.36. The van der Waals surface area contributed by atoms with Crippen LogP contribution in [0.4, 0.5) is 11.8 Å². The Morgan fingerprint density at radius 3 is 2.93 bits per heavy atom. The van der Waals surface area contributed by atoms with Gasteiger partial charge in [0.2, 0.25) is 11.9 Å². The summed E-state index contributed by atoms with van der Waals surface area (Å²) in [6.45, 7) is 6.34. The number of aromatic nitrogens is 4. The van der Waals surface area contributed by atoms with Gasteiger partial charge in [-0.15, -0.1) is 0 Å². The maximum absolute atomic E-state index is 12.5. The third-order valence-electron chi connectivity index (χ3n) is 5.85. The van der Waals surface area contributed by atoms with Crippen LogP contribution in [-0.4, -0.2) is 58.7 Å². The summed E-state index contributed by atoms with van der Waals surface area (Å²) in [5.41, 5.74) is 1.45. The van der Waals surface area contributed by atoms with Crippen LogP contribution in [0.25, 0.3) is 11.4 Å². The number of rotatable bonds is 6. The first-order valence-corrected chi connectivity index (χ1v) is 10.6. The van der Waals surface area contributed by atoms with Crippen molar-refractivity contribution in [1.82, 2.24) is 25.3 Å². The molecule has 9 heteroatoms. The fraction of sp³-hybridized carbons (Fsp3) is 0.571. The normalized spacial score (nSPS) is 21.0. The Morgan fingerprint density at radius 2 is 2.13 bits per heavy atom. The summed E-state index contributed by atoms with van der Waals surface area (Å²) in [6.07, 6.45) is 8.94. The summed E-state index contributed by atoms with van der Waals surface area (Å²) in [7, 11) is 0. The van der Waals surface area contributed by atoms with Crippen molar-refractivity contribution >= 4 is 17.7 Å². The van der Waals surface area contributed by atoms with Crippen LogP contribution < -0.4 is 16.0 Å². The van der Waals surface area contributed by atoms with E-state index in [1.165, 1.54) is 0 Å². The van der Waals surface area contributed by atoms with Crippen LogP contribution in [0.5, 0.6) is 0 Å². The molecule has 1 atom stereocenters. The molecule has 2 aliphatic rings. The van der Waals surface area contributed by atoms with Crippen LogP contribution in [0.2, 0.25) is 0 Å². The Labute approximate surface area is 176 Å². The molecule has 2 fully saturated rings. The lowest BCUT2D eigenvalue weighted by atomic mass is 9.82. The fourth-order valence-corrected chi connectivity index (χ4v) is 3.77. The lowest BCUT2D eigenvalue weighted by Crippen LogP contribution is -2.37. The number of piperidine rings is 1. The van der Waals surface area contributed by atoms with Gasteiger partial charge in [0, 0.05) is 32.5 Å². The second-order valence-corrected chi connectivity index (χ2v) is 8.36. The molecule has 2 saturated heterocycles. The van der Waals surface area contributed by atoms with Crippen LogP contribution in [0.15, 0.2) is 24.7 Å². The van der Waals surface area contributed by atoms with Crippen molar-refractivity contribution < 1.29 is 9.53 Å². The van der Waals surface area contributed by atoms with E-state index in [-0.39, 0.29) is 23.2 Å². The molecule has 2 aliphatic heterocycles. The molecule has 2 aromatic rings. The Bertz CT molecular complexity index is 864. The monoisotopic (exact) mass is 411 g/mol. The van der Waals surface area contributed by atoms with Gasteiger partial charge < -0.3 is 15.4 Å². The van der Waals surface area contributed by atoms with E-state index in [4.69, 9.17) is 4.74 Å². The summed E-state index contributed by atoms with van der Waals surface area (Å²) in [6, 6.07) is 1.77. The van der Waals surface area contributed by atoms with Crippen LogP contribution in [-0.2, 0) is 9.53 Å². The van der Waals surface area contributed by atoms with Gasteiger partial charge in [0.05, 0.1) is 24.0 Å². The molecule has 0 aromatic carbocycles. The number of ether oxygens (including phenoxy) is 1. The van der Waals surface area contributed by atoms with Gasteiger partial charge in [-0.1, -0.05) is 6.92 Å². The minimum absolute atomic E-state index is 0.0504. The summed E-state index contributed by atoms with van der Waals surface area (Å²) >= 11 is 0. The Balaban J connectivity index is 1.41. The van der Waals surface area contributed by atoms with Gasteiger partial charge in [-0.25, -0.2) is 15.0 Å². The van der Waals surface area contributed by atoms with Gasteiger partial charge in [-0.3, -0.25) is 15.1 Å². The molecule has 2 aromatic heterocycles. The van der Waals surface area contributed by atoms with E-state index in [1.54, 1.807) is 24.7 Å². The molecular weight excluding hydrogens is 382 g/mol. The van der Waals surface area contributed by atoms with E-state index in [0.717, 1.165) is 52.0 Å². The van der Waals surface area contributed by atoms with Gasteiger partial charge in [0.1, 0.15) is 11.5 Å². The van der Waals surface area contributed by atoms with Crippen molar-refractivity contribution in [3.05, 3.63) is 24.7 Å². The fourth-order valence-electron chi connectivity index (χ4n) is 3.77. The first-order valence-electron chi connectivity index (χ1n) is 10.6. The molecule has 0 bridgehead atoms. The highest BCUT2D eigenvalue weighted by Crippen LogP contribution is 2.30. The van der Waals surface area contributed by atoms with Crippen molar-refractivity contribution in [3.63, 3.8) is 0 Å². The first-order chi connectivity index (χ1) is 14.6. The molecule has 30 heavy (non-hydrogen) atoms. The number of carbonyl (C=O) groups is 1. The van der Waals surface area contributed by atoms with Crippen molar-refractivity contribution in [2.75, 3.05) is 43.5 Å². The Kier molecular flexibility index (Phi) is 6.49. The highest BCUT2D eigenvalue weighted by atomic mass is 16.5. The average Bonchev–Trinajstić information content (AvgIpc) is 2.79. The van der Waals surface area contributed by atoms with Crippen LogP contribution in [0.3, 0.4) is 0 Å². The maximum Gasteiger partial charge on any atom is 0.231 e. The number of nitrogens with one attached hydrogen (secondary N) is 3. The lowest BCUT2D eigenvalue weighted by molar-refractivity contribution is -0.120. The molecule has 0 aliphatic carbocycles. The zero-order chi connectivity index (χ0) is 20.8. The number of amides is 1. The molecule has 0 saturated carbocycles. The third-order valence-corrected chi connectivity index (χ3v) is 5.85. The van der Waals surface area contributed by atoms with E-state index in [0.29, 0.717) is 23.8 Å². The SMILES string of the molecule is CC1(CNc2cncc(-c3ccnc(NC(=O)C4CCCNC4)n3)n2)CCOCC1. The molecule has 9 nitrogen and oxygen atoms in total. The quantitative estimate of drug-likeness (QED) is 0.662. The van der Waals surface area contributed by atoms with E-state index in [9.17, 15) is 4.79 Å². The summed E-state index contributed by atoms with van der Waals surface area (Å²) in [5.74, 6) is 0.895. The summed E-state index contributed by atoms with van der Waals surface area (Å²) < 4.78 is 5.47. The topological polar surface area (TPSA) is 114 Å². The molecule has 3 N–H and O–H groups in total. The average molecular weight is 412 g/mol. The third kappa shape index (κ3) is 5.28. The van der Waals surface area contributed by atoms with E-state index >= 15 is 0 Å². The smallest absolute Gasteiger partial charge is 0.231 e. The predicted octanol–water partition coefficient (Wildman–Crippen LogP) is 2.10. The maximum atomic E-state index is 12.5. The molecule has 4 heterocycles. The zero-order valence-corrected chi connectivity index (χ0v) is 17.4. The van der Waals surface area contributed by atoms with Crippen LogP contribution in [0.1, 0.15) is 32.6 Å². The van der Waals surface area contributed by atoms with Gasteiger partial charge in [-0.2, -0.15) is 0 Å². The van der Waals surface area contributed by atoms with Gasteiger partial charge >= 0.3 is 0 Å². The van der Waals surface area contributed by atoms with Crippen LogP contribution >= 0.6 is 0 Å². The Hall–Kier alpha value is -2.65. The largest absolute Gasteiger partial charge is 0.381 e. The van der Waals surface area contributed by atoms with E-state index < -0.39 is 0 Å². The molecule has 0 radical (unpaired) electrons. The molecule has 0 spiro atoms. The van der Waals surface area contributed by atoms with Gasteiger partial charge in [0.15, 0.2) is 0 Å². The number of hydrogen-bond donors (Lipinski definition) is 3. The number of hydrogen-bond acceptors (Lipinski definition) is 8. The van der Waals surface area contributed by atoms with Crippen molar-refractivity contribution in [2.45, 2.75) is 32.6 Å². The standard InChI is InChI=1S/C21H29N7O2/c1-21(5-9-30-10-6-21)14-25-18-13-23-12-17(26-18)16-4-8-24-20(27-16)28-19(29)15-3-2-7-22-11-15/h4,8,12-13,15,22H,2-3,5-7,9-11,14H2,1H3,(H,25,26)(H,24,27,28,29). The van der Waals surface area contributed by atoms with Gasteiger partial charge in [0.25, 0.3) is 0 Å². The minimum Gasteiger partial charge on any atom is -0.381 e. The lowest BCUT2D eigenvalue weighted by Gasteiger charge is -2.33. The second kappa shape index (κ2) is 9.44. The van der Waals surface area contributed by atoms with E-state index in [2.05, 4.69) is 42.8 Å².